The largest absolute Gasteiger partial charge is 0.484 e. The Morgan fingerprint density at radius 1 is 1.18 bits per heavy atom. The lowest BCUT2D eigenvalue weighted by molar-refractivity contribution is -0.118. The molecule has 0 aliphatic heterocycles. The number of carbonyl (C=O) groups excluding carboxylic acids is 1. The number of hydrogen-bond donors (Lipinski definition) is 2. The van der Waals surface area contributed by atoms with Crippen molar-refractivity contribution in [1.29, 1.82) is 0 Å². The predicted molar refractivity (Wildman–Crippen MR) is 83.7 cm³/mol. The molecule has 0 saturated carbocycles. The van der Waals surface area contributed by atoms with Crippen LogP contribution in [-0.2, 0) is 4.79 Å². The summed E-state index contributed by atoms with van der Waals surface area (Å²) >= 11 is 5.82. The first-order chi connectivity index (χ1) is 10.5. The number of carbonyl (C=O) groups is 2. The van der Waals surface area contributed by atoms with Gasteiger partial charge in [-0.25, -0.2) is 4.79 Å². The average molecular weight is 320 g/mol. The molecule has 0 atom stereocenters. The van der Waals surface area contributed by atoms with Gasteiger partial charge in [-0.1, -0.05) is 29.3 Å². The fourth-order valence-electron chi connectivity index (χ4n) is 1.78. The summed E-state index contributed by atoms with van der Waals surface area (Å²) in [6, 6.07) is 11.4. The maximum Gasteiger partial charge on any atom is 0.337 e. The summed E-state index contributed by atoms with van der Waals surface area (Å²) in [6.45, 7) is 1.72. The zero-order chi connectivity index (χ0) is 16.1. The Labute approximate surface area is 132 Å². The van der Waals surface area contributed by atoms with Crippen LogP contribution in [-0.4, -0.2) is 23.6 Å². The molecule has 0 unspecified atom stereocenters. The van der Waals surface area contributed by atoms with Crippen molar-refractivity contribution >= 4 is 29.2 Å². The maximum absolute atomic E-state index is 11.9. The van der Waals surface area contributed by atoms with Gasteiger partial charge in [-0.2, -0.15) is 0 Å². The summed E-state index contributed by atoms with van der Waals surface area (Å²) in [5.41, 5.74) is 1.19. The number of rotatable bonds is 5. The fraction of sp³-hybridized carbons (Fsp3) is 0.125. The molecular formula is C16H14ClNO4. The highest BCUT2D eigenvalue weighted by atomic mass is 35.5. The number of aryl methyl sites for hydroxylation is 1. The van der Waals surface area contributed by atoms with E-state index in [-0.39, 0.29) is 17.9 Å². The molecule has 2 aromatic rings. The van der Waals surface area contributed by atoms with Gasteiger partial charge >= 0.3 is 5.97 Å². The highest BCUT2D eigenvalue weighted by Crippen LogP contribution is 2.21. The SMILES string of the molecule is Cc1ccc(OCC(=O)Nc2cc(Cl)ccc2C(=O)O)cc1. The van der Waals surface area contributed by atoms with Gasteiger partial charge in [0.15, 0.2) is 6.61 Å². The first-order valence-corrected chi connectivity index (χ1v) is 6.85. The number of carboxylic acid groups (broad SMARTS) is 1. The summed E-state index contributed by atoms with van der Waals surface area (Å²) in [4.78, 5) is 23.0. The molecule has 6 heteroatoms. The van der Waals surface area contributed by atoms with Crippen LogP contribution in [0.15, 0.2) is 42.5 Å². The first-order valence-electron chi connectivity index (χ1n) is 6.48. The Morgan fingerprint density at radius 3 is 2.50 bits per heavy atom. The summed E-state index contributed by atoms with van der Waals surface area (Å²) < 4.78 is 5.33. The van der Waals surface area contributed by atoms with Crippen LogP contribution in [0.4, 0.5) is 5.69 Å². The van der Waals surface area contributed by atoms with E-state index in [9.17, 15) is 9.59 Å². The van der Waals surface area contributed by atoms with E-state index in [4.69, 9.17) is 21.4 Å². The van der Waals surface area contributed by atoms with Crippen molar-refractivity contribution in [3.8, 4) is 5.75 Å². The van der Waals surface area contributed by atoms with Gasteiger partial charge in [-0.05, 0) is 37.3 Å². The molecule has 0 spiro atoms. The molecule has 0 bridgehead atoms. The van der Waals surface area contributed by atoms with Gasteiger partial charge in [0, 0.05) is 5.02 Å². The molecule has 0 fully saturated rings. The van der Waals surface area contributed by atoms with Gasteiger partial charge in [-0.3, -0.25) is 4.79 Å². The fourth-order valence-corrected chi connectivity index (χ4v) is 1.95. The molecule has 0 aliphatic carbocycles. The normalized spacial score (nSPS) is 10.1. The van der Waals surface area contributed by atoms with Gasteiger partial charge in [0.05, 0.1) is 11.3 Å². The Balaban J connectivity index is 2.01. The number of hydrogen-bond acceptors (Lipinski definition) is 3. The summed E-state index contributed by atoms with van der Waals surface area (Å²) in [5.74, 6) is -1.05. The smallest absolute Gasteiger partial charge is 0.337 e. The molecule has 2 aromatic carbocycles. The number of halogens is 1. The van der Waals surface area contributed by atoms with Crippen molar-refractivity contribution in [2.75, 3.05) is 11.9 Å². The minimum absolute atomic E-state index is 0.0342. The summed E-state index contributed by atoms with van der Waals surface area (Å²) in [7, 11) is 0. The summed E-state index contributed by atoms with van der Waals surface area (Å²) in [6.07, 6.45) is 0. The van der Waals surface area contributed by atoms with Gasteiger partial charge in [0.1, 0.15) is 5.75 Å². The molecule has 0 aromatic heterocycles. The Kier molecular flexibility index (Phi) is 5.01. The molecule has 22 heavy (non-hydrogen) atoms. The van der Waals surface area contributed by atoms with Crippen molar-refractivity contribution in [2.45, 2.75) is 6.92 Å². The van der Waals surface area contributed by atoms with E-state index in [1.165, 1.54) is 18.2 Å². The second-order valence-corrected chi connectivity index (χ2v) is 5.08. The quantitative estimate of drug-likeness (QED) is 0.886. The topological polar surface area (TPSA) is 75.6 Å². The van der Waals surface area contributed by atoms with E-state index in [1.807, 2.05) is 19.1 Å². The van der Waals surface area contributed by atoms with Crippen LogP contribution < -0.4 is 10.1 Å². The number of anilines is 1. The molecule has 2 rings (SSSR count). The first kappa shape index (κ1) is 15.9. The minimum Gasteiger partial charge on any atom is -0.484 e. The monoisotopic (exact) mass is 319 g/mol. The molecule has 0 saturated heterocycles. The van der Waals surface area contributed by atoms with Gasteiger partial charge in [-0.15, -0.1) is 0 Å². The molecule has 0 aliphatic rings. The van der Waals surface area contributed by atoms with E-state index in [0.717, 1.165) is 5.56 Å². The maximum atomic E-state index is 11.9. The van der Waals surface area contributed by atoms with Crippen molar-refractivity contribution in [3.63, 3.8) is 0 Å². The average Bonchev–Trinajstić information content (AvgIpc) is 2.46. The van der Waals surface area contributed by atoms with Gasteiger partial charge in [0.25, 0.3) is 5.91 Å². The number of carboxylic acids is 1. The molecule has 0 radical (unpaired) electrons. The third kappa shape index (κ3) is 4.23. The number of aromatic carboxylic acids is 1. The molecule has 114 valence electrons. The lowest BCUT2D eigenvalue weighted by atomic mass is 10.2. The number of ether oxygens (including phenoxy) is 1. The van der Waals surface area contributed by atoms with Crippen LogP contribution >= 0.6 is 11.6 Å². The summed E-state index contributed by atoms with van der Waals surface area (Å²) in [5, 5.41) is 11.9. The molecule has 0 heterocycles. The van der Waals surface area contributed by atoms with Crippen LogP contribution in [0.5, 0.6) is 5.75 Å². The van der Waals surface area contributed by atoms with Crippen LogP contribution in [0.2, 0.25) is 5.02 Å². The molecule has 5 nitrogen and oxygen atoms in total. The number of amides is 1. The van der Waals surface area contributed by atoms with E-state index in [2.05, 4.69) is 5.32 Å². The van der Waals surface area contributed by atoms with Crippen LogP contribution in [0.3, 0.4) is 0 Å². The Hall–Kier alpha value is -2.53. The van der Waals surface area contributed by atoms with Gasteiger partial charge < -0.3 is 15.2 Å². The standard InChI is InChI=1S/C16H14ClNO4/c1-10-2-5-12(6-3-10)22-9-15(19)18-14-8-11(17)4-7-13(14)16(20)21/h2-8H,9H2,1H3,(H,18,19)(H,20,21). The number of benzene rings is 2. The highest BCUT2D eigenvalue weighted by molar-refractivity contribution is 6.31. The van der Waals surface area contributed by atoms with E-state index in [1.54, 1.807) is 12.1 Å². The van der Waals surface area contributed by atoms with E-state index in [0.29, 0.717) is 10.8 Å². The lowest BCUT2D eigenvalue weighted by Gasteiger charge is -2.10. The number of nitrogens with one attached hydrogen (secondary N) is 1. The second-order valence-electron chi connectivity index (χ2n) is 4.64. The lowest BCUT2D eigenvalue weighted by Crippen LogP contribution is -2.21. The van der Waals surface area contributed by atoms with Crippen LogP contribution in [0.1, 0.15) is 15.9 Å². The Bertz CT molecular complexity index is 698. The zero-order valence-electron chi connectivity index (χ0n) is 11.8. The van der Waals surface area contributed by atoms with Gasteiger partial charge in [0.2, 0.25) is 0 Å². The highest BCUT2D eigenvalue weighted by Gasteiger charge is 2.13. The third-order valence-corrected chi connectivity index (χ3v) is 3.11. The van der Waals surface area contributed by atoms with Crippen LogP contribution in [0, 0.1) is 6.92 Å². The molecular weight excluding hydrogens is 306 g/mol. The van der Waals surface area contributed by atoms with E-state index < -0.39 is 11.9 Å². The van der Waals surface area contributed by atoms with Crippen LogP contribution in [0.25, 0.3) is 0 Å². The van der Waals surface area contributed by atoms with Crippen molar-refractivity contribution in [3.05, 3.63) is 58.6 Å². The van der Waals surface area contributed by atoms with E-state index >= 15 is 0 Å². The predicted octanol–water partition coefficient (Wildman–Crippen LogP) is 3.36. The van der Waals surface area contributed by atoms with Crippen molar-refractivity contribution < 1.29 is 19.4 Å². The Morgan fingerprint density at radius 2 is 1.86 bits per heavy atom. The zero-order valence-corrected chi connectivity index (χ0v) is 12.6. The molecule has 1 amide bonds. The van der Waals surface area contributed by atoms with Crippen molar-refractivity contribution in [1.82, 2.24) is 0 Å². The third-order valence-electron chi connectivity index (χ3n) is 2.88. The second kappa shape index (κ2) is 6.95. The minimum atomic E-state index is -1.15. The molecule has 2 N–H and O–H groups in total. The van der Waals surface area contributed by atoms with Crippen molar-refractivity contribution in [2.24, 2.45) is 0 Å².